The minimum Gasteiger partial charge on any atom is -0.325 e. The van der Waals surface area contributed by atoms with Crippen molar-refractivity contribution in [2.75, 3.05) is 10.6 Å². The van der Waals surface area contributed by atoms with Crippen LogP contribution in [0.4, 0.5) is 5.69 Å². The highest BCUT2D eigenvalue weighted by Gasteiger charge is 2.07. The number of ketones is 1. The Kier molecular flexibility index (Phi) is 3.83. The van der Waals surface area contributed by atoms with Crippen molar-refractivity contribution in [1.29, 1.82) is 0 Å². The molecule has 0 unspecified atom stereocenters. The molecule has 0 atom stereocenters. The summed E-state index contributed by atoms with van der Waals surface area (Å²) >= 11 is 3.04. The average Bonchev–Trinajstić information content (AvgIpc) is 2.18. The molecule has 74 valence electrons. The molecule has 0 fully saturated rings. The first-order valence-electron chi connectivity index (χ1n) is 4.11. The molecule has 0 bridgehead atoms. The summed E-state index contributed by atoms with van der Waals surface area (Å²) in [5.74, 6) is -0.228. The Morgan fingerprint density at radius 3 is 2.57 bits per heavy atom. The number of Topliss-reactive ketones (excluding diaryl/α,β-unsaturated/α-hetero) is 1. The average molecular weight is 256 g/mol. The van der Waals surface area contributed by atoms with Crippen LogP contribution in [0.15, 0.2) is 24.3 Å². The molecule has 0 aliphatic rings. The predicted molar refractivity (Wildman–Crippen MR) is 58.9 cm³/mol. The molecule has 1 N–H and O–H groups in total. The quantitative estimate of drug-likeness (QED) is 0.665. The van der Waals surface area contributed by atoms with E-state index in [-0.39, 0.29) is 17.0 Å². The Labute approximate surface area is 90.6 Å². The zero-order chi connectivity index (χ0) is 10.6. The number of benzene rings is 1. The molecule has 0 radical (unpaired) electrons. The van der Waals surface area contributed by atoms with Crippen LogP contribution >= 0.6 is 15.9 Å². The van der Waals surface area contributed by atoms with Crippen LogP contribution in [0.1, 0.15) is 17.3 Å². The van der Waals surface area contributed by atoms with Gasteiger partial charge in [0, 0.05) is 5.56 Å². The van der Waals surface area contributed by atoms with Crippen LogP contribution in [0.5, 0.6) is 0 Å². The number of hydrogen-bond acceptors (Lipinski definition) is 2. The van der Waals surface area contributed by atoms with E-state index in [1.807, 2.05) is 0 Å². The van der Waals surface area contributed by atoms with Gasteiger partial charge in [0.05, 0.1) is 11.0 Å². The number of hydrogen-bond donors (Lipinski definition) is 1. The highest BCUT2D eigenvalue weighted by molar-refractivity contribution is 9.09. The number of alkyl halides is 1. The number of carbonyl (C=O) groups excluding carboxylic acids is 2. The van der Waals surface area contributed by atoms with Crippen molar-refractivity contribution in [3.8, 4) is 0 Å². The van der Waals surface area contributed by atoms with Gasteiger partial charge in [0.2, 0.25) is 5.91 Å². The fourth-order valence-corrected chi connectivity index (χ4v) is 1.22. The molecule has 0 aliphatic heterocycles. The summed E-state index contributed by atoms with van der Waals surface area (Å²) in [7, 11) is 0. The Bertz CT molecular complexity index is 363. The van der Waals surface area contributed by atoms with Crippen LogP contribution < -0.4 is 5.32 Å². The molecule has 0 aromatic heterocycles. The van der Waals surface area contributed by atoms with Crippen LogP contribution in [0.2, 0.25) is 0 Å². The van der Waals surface area contributed by atoms with E-state index in [9.17, 15) is 9.59 Å². The van der Waals surface area contributed by atoms with Crippen molar-refractivity contribution >= 4 is 33.3 Å². The van der Waals surface area contributed by atoms with Gasteiger partial charge in [-0.25, -0.2) is 0 Å². The zero-order valence-electron chi connectivity index (χ0n) is 7.71. The molecule has 0 saturated carbocycles. The molecule has 1 amide bonds. The first-order chi connectivity index (χ1) is 6.65. The van der Waals surface area contributed by atoms with Gasteiger partial charge in [-0.3, -0.25) is 9.59 Å². The Morgan fingerprint density at radius 2 is 2.00 bits per heavy atom. The summed E-state index contributed by atoms with van der Waals surface area (Å²) < 4.78 is 0. The summed E-state index contributed by atoms with van der Waals surface area (Å²) in [4.78, 5) is 22.3. The molecule has 0 saturated heterocycles. The molecular formula is C10H10BrNO2. The maximum Gasteiger partial charge on any atom is 0.235 e. The minimum atomic E-state index is -0.168. The van der Waals surface area contributed by atoms with Gasteiger partial charge in [-0.15, -0.1) is 0 Å². The fourth-order valence-electron chi connectivity index (χ4n) is 1.08. The number of anilines is 1. The van der Waals surface area contributed by atoms with E-state index in [0.29, 0.717) is 11.3 Å². The van der Waals surface area contributed by atoms with Gasteiger partial charge >= 0.3 is 0 Å². The molecule has 1 aromatic rings. The monoisotopic (exact) mass is 255 g/mol. The van der Waals surface area contributed by atoms with E-state index in [0.717, 1.165) is 0 Å². The summed E-state index contributed by atoms with van der Waals surface area (Å²) in [5.41, 5.74) is 1.09. The number of nitrogens with one attached hydrogen (secondary N) is 1. The van der Waals surface area contributed by atoms with E-state index < -0.39 is 0 Å². The summed E-state index contributed by atoms with van der Waals surface area (Å²) in [6.07, 6.45) is 0. The van der Waals surface area contributed by atoms with E-state index in [4.69, 9.17) is 0 Å². The predicted octanol–water partition coefficient (Wildman–Crippen LogP) is 2.22. The highest BCUT2D eigenvalue weighted by atomic mass is 79.9. The zero-order valence-corrected chi connectivity index (χ0v) is 9.30. The van der Waals surface area contributed by atoms with E-state index >= 15 is 0 Å². The standard InChI is InChI=1S/C10H10BrNO2/c1-7(13)8-4-2-3-5-9(8)12-10(14)6-11/h2-5H,6H2,1H3,(H,12,14). The minimum absolute atomic E-state index is 0.0597. The molecule has 1 rings (SSSR count). The van der Waals surface area contributed by atoms with Crippen molar-refractivity contribution < 1.29 is 9.59 Å². The van der Waals surface area contributed by atoms with Gasteiger partial charge in [-0.05, 0) is 19.1 Å². The molecule has 14 heavy (non-hydrogen) atoms. The third-order valence-electron chi connectivity index (χ3n) is 1.70. The van der Waals surface area contributed by atoms with E-state index in [1.165, 1.54) is 6.92 Å². The number of halogens is 1. The molecule has 0 heterocycles. The molecule has 1 aromatic carbocycles. The first kappa shape index (κ1) is 10.9. The van der Waals surface area contributed by atoms with Crippen molar-refractivity contribution in [3.05, 3.63) is 29.8 Å². The molecule has 4 heteroatoms. The second kappa shape index (κ2) is 4.91. The topological polar surface area (TPSA) is 46.2 Å². The maximum absolute atomic E-state index is 11.2. The lowest BCUT2D eigenvalue weighted by molar-refractivity contribution is -0.113. The van der Waals surface area contributed by atoms with Crippen molar-refractivity contribution in [1.82, 2.24) is 0 Å². The Balaban J connectivity index is 2.95. The third-order valence-corrected chi connectivity index (χ3v) is 2.21. The van der Waals surface area contributed by atoms with Crippen molar-refractivity contribution in [2.24, 2.45) is 0 Å². The lowest BCUT2D eigenvalue weighted by atomic mass is 10.1. The van der Waals surface area contributed by atoms with Gasteiger partial charge < -0.3 is 5.32 Å². The lowest BCUT2D eigenvalue weighted by Gasteiger charge is -2.06. The normalized spacial score (nSPS) is 9.57. The van der Waals surface area contributed by atoms with Gasteiger partial charge in [-0.1, -0.05) is 28.1 Å². The fraction of sp³-hybridized carbons (Fsp3) is 0.200. The number of carbonyl (C=O) groups is 2. The molecule has 0 aliphatic carbocycles. The first-order valence-corrected chi connectivity index (χ1v) is 5.23. The van der Waals surface area contributed by atoms with E-state index in [1.54, 1.807) is 24.3 Å². The van der Waals surface area contributed by atoms with Gasteiger partial charge in [-0.2, -0.15) is 0 Å². The number of amides is 1. The lowest BCUT2D eigenvalue weighted by Crippen LogP contribution is -2.14. The van der Waals surface area contributed by atoms with Crippen LogP contribution in [0, 0.1) is 0 Å². The summed E-state index contributed by atoms with van der Waals surface area (Å²) in [6, 6.07) is 6.93. The number of para-hydroxylation sites is 1. The molecule has 3 nitrogen and oxygen atoms in total. The van der Waals surface area contributed by atoms with Crippen LogP contribution in [0.3, 0.4) is 0 Å². The van der Waals surface area contributed by atoms with Crippen LogP contribution in [-0.4, -0.2) is 17.0 Å². The SMILES string of the molecule is CC(=O)c1ccccc1NC(=O)CBr. The van der Waals surface area contributed by atoms with Crippen molar-refractivity contribution in [3.63, 3.8) is 0 Å². The summed E-state index contributed by atoms with van der Waals surface area (Å²) in [6.45, 7) is 1.47. The second-order valence-corrected chi connectivity index (χ2v) is 3.34. The maximum atomic E-state index is 11.2. The largest absolute Gasteiger partial charge is 0.325 e. The molecule has 0 spiro atoms. The second-order valence-electron chi connectivity index (χ2n) is 2.78. The van der Waals surface area contributed by atoms with E-state index in [2.05, 4.69) is 21.2 Å². The molecular weight excluding hydrogens is 246 g/mol. The smallest absolute Gasteiger partial charge is 0.235 e. The summed E-state index contributed by atoms with van der Waals surface area (Å²) in [5, 5.41) is 2.86. The van der Waals surface area contributed by atoms with Gasteiger partial charge in [0.1, 0.15) is 0 Å². The van der Waals surface area contributed by atoms with Gasteiger partial charge in [0.25, 0.3) is 0 Å². The van der Waals surface area contributed by atoms with Gasteiger partial charge in [0.15, 0.2) is 5.78 Å². The number of rotatable bonds is 3. The Hall–Kier alpha value is -1.16. The van der Waals surface area contributed by atoms with Crippen molar-refractivity contribution in [2.45, 2.75) is 6.92 Å². The highest BCUT2D eigenvalue weighted by Crippen LogP contribution is 2.15. The Morgan fingerprint density at radius 1 is 1.36 bits per heavy atom. The van der Waals surface area contributed by atoms with Crippen LogP contribution in [0.25, 0.3) is 0 Å². The van der Waals surface area contributed by atoms with Crippen LogP contribution in [-0.2, 0) is 4.79 Å². The third kappa shape index (κ3) is 2.67.